The van der Waals surface area contributed by atoms with Gasteiger partial charge in [0, 0.05) is 36.6 Å². The van der Waals surface area contributed by atoms with Crippen molar-refractivity contribution in [3.05, 3.63) is 84.3 Å². The van der Waals surface area contributed by atoms with Gasteiger partial charge in [0.25, 0.3) is 5.91 Å². The lowest BCUT2D eigenvalue weighted by molar-refractivity contribution is -0.138. The number of rotatable bonds is 11. The van der Waals surface area contributed by atoms with Gasteiger partial charge in [-0.1, -0.05) is 56.9 Å². The predicted octanol–water partition coefficient (Wildman–Crippen LogP) is 7.51. The van der Waals surface area contributed by atoms with Crippen LogP contribution in [0.1, 0.15) is 53.0 Å². The molecular weight excluding hydrogens is 541 g/mol. The van der Waals surface area contributed by atoms with Crippen LogP contribution in [0, 0.1) is 17.2 Å². The topological polar surface area (TPSA) is 87.4 Å². The summed E-state index contributed by atoms with van der Waals surface area (Å²) in [6.45, 7) is 12.4. The highest BCUT2D eigenvalue weighted by Crippen LogP contribution is 2.30. The maximum Gasteiger partial charge on any atom is 0.417 e. The number of pyridine rings is 1. The number of aromatic nitrogens is 1. The number of carbonyl (C=O) groups is 1. The molecule has 10 heteroatoms. The Bertz CT molecular complexity index is 1180. The summed E-state index contributed by atoms with van der Waals surface area (Å²) >= 11 is 6.18. The quantitative estimate of drug-likeness (QED) is 0.218. The number of nitrogens with zero attached hydrogens (tertiary/aromatic N) is 3. The van der Waals surface area contributed by atoms with Crippen LogP contribution in [0.4, 0.5) is 13.2 Å². The van der Waals surface area contributed by atoms with Crippen LogP contribution < -0.4 is 10.1 Å². The molecule has 1 aromatic rings. The first-order chi connectivity index (χ1) is 18.9. The molecule has 1 heterocycles. The summed E-state index contributed by atoms with van der Waals surface area (Å²) < 4.78 is 44.2. The van der Waals surface area contributed by atoms with Crippen molar-refractivity contribution in [1.29, 1.82) is 5.26 Å². The number of halogens is 4. The Morgan fingerprint density at radius 1 is 1.32 bits per heavy atom. The first-order valence-corrected chi connectivity index (χ1v) is 13.2. The molecule has 0 bridgehead atoms. The summed E-state index contributed by atoms with van der Waals surface area (Å²) in [6, 6.07) is 3.54. The van der Waals surface area contributed by atoms with E-state index in [0.29, 0.717) is 12.6 Å². The van der Waals surface area contributed by atoms with Gasteiger partial charge in [-0.05, 0) is 44.4 Å². The summed E-state index contributed by atoms with van der Waals surface area (Å²) in [6.07, 6.45) is 10.9. The number of ether oxygens (including phenoxy) is 1. The number of nitriles is 1. The van der Waals surface area contributed by atoms with Crippen molar-refractivity contribution in [2.75, 3.05) is 0 Å². The molecule has 0 radical (unpaired) electrons. The van der Waals surface area contributed by atoms with Gasteiger partial charge in [0.2, 0.25) is 5.88 Å². The molecule has 0 fully saturated rings. The highest BCUT2D eigenvalue weighted by atomic mass is 35.5. The second kappa shape index (κ2) is 16.5. The minimum absolute atomic E-state index is 0.119. The minimum atomic E-state index is -4.53. The van der Waals surface area contributed by atoms with Crippen molar-refractivity contribution >= 4 is 23.7 Å². The fourth-order valence-corrected chi connectivity index (χ4v) is 3.75. The molecule has 2 rings (SSSR count). The summed E-state index contributed by atoms with van der Waals surface area (Å²) in [7, 11) is 0. The van der Waals surface area contributed by atoms with Crippen molar-refractivity contribution in [2.24, 2.45) is 10.9 Å². The first kappa shape index (κ1) is 34.4. The van der Waals surface area contributed by atoms with E-state index in [2.05, 4.69) is 27.9 Å². The molecule has 216 valence electrons. The average Bonchev–Trinajstić information content (AvgIpc) is 3.12. The van der Waals surface area contributed by atoms with Crippen molar-refractivity contribution < 1.29 is 22.7 Å². The number of amides is 1. The molecule has 40 heavy (non-hydrogen) atoms. The number of nitrogens with one attached hydrogen (secondary N) is 1. The lowest BCUT2D eigenvalue weighted by atomic mass is 9.85. The molecule has 6 nitrogen and oxygen atoms in total. The van der Waals surface area contributed by atoms with Crippen LogP contribution in [0.15, 0.2) is 83.7 Å². The molecule has 0 saturated carbocycles. The molecule has 3 atom stereocenters. The maximum absolute atomic E-state index is 13.2. The molecule has 0 aromatic carbocycles. The van der Waals surface area contributed by atoms with Crippen LogP contribution in [0.5, 0.6) is 5.88 Å². The average molecular weight is 577 g/mol. The number of hydrogen-bond acceptors (Lipinski definition) is 5. The molecule has 1 aliphatic rings. The van der Waals surface area contributed by atoms with E-state index in [1.54, 1.807) is 12.3 Å². The fourth-order valence-electron chi connectivity index (χ4n) is 3.59. The van der Waals surface area contributed by atoms with Crippen LogP contribution in [0.25, 0.3) is 0 Å². The summed E-state index contributed by atoms with van der Waals surface area (Å²) in [4.78, 5) is 21.0. The number of alkyl halides is 4. The molecule has 1 aromatic heterocycles. The second-order valence-electron chi connectivity index (χ2n) is 9.03. The van der Waals surface area contributed by atoms with Gasteiger partial charge in [-0.3, -0.25) is 9.79 Å². The van der Waals surface area contributed by atoms with Crippen molar-refractivity contribution in [3.8, 4) is 11.9 Å². The third-order valence-corrected chi connectivity index (χ3v) is 5.96. The minimum Gasteiger partial charge on any atom is -0.462 e. The SMILES string of the molecule is C=CN=C/C(=C\CC#N)C(CC1=CC=CC(Cl)C=C1)C(C)NC(=O)C(C)(C)Oc1ccc(C(F)(F)F)cn1.CC. The van der Waals surface area contributed by atoms with Gasteiger partial charge in [0.05, 0.1) is 23.4 Å². The number of allylic oxidation sites excluding steroid dienone is 7. The van der Waals surface area contributed by atoms with Gasteiger partial charge in [0.1, 0.15) is 0 Å². The van der Waals surface area contributed by atoms with Gasteiger partial charge in [0.15, 0.2) is 5.60 Å². The van der Waals surface area contributed by atoms with Gasteiger partial charge in [-0.15, -0.1) is 11.6 Å². The standard InChI is InChI=1S/C28H30ClF3N4O2.C2H6/c1-5-34-17-21(9-7-15-33)24(16-20-8-6-10-23(29)13-11-20)19(2)36-26(37)27(3,4)38-25-14-12-22(18-35-25)28(30,31)32;1-2/h5-6,8-14,17-19,23-24H,1,7,16H2,2-4H3,(H,36,37);1-2H3/b21-9+,34-17?;. The normalized spacial score (nSPS) is 17.1. The third kappa shape index (κ3) is 11.2. The van der Waals surface area contributed by atoms with E-state index in [4.69, 9.17) is 21.6 Å². The van der Waals surface area contributed by atoms with Crippen LogP contribution in [0.2, 0.25) is 0 Å². The Morgan fingerprint density at radius 3 is 2.60 bits per heavy atom. The molecule has 0 aliphatic heterocycles. The monoisotopic (exact) mass is 576 g/mol. The van der Waals surface area contributed by atoms with Crippen LogP contribution >= 0.6 is 11.6 Å². The Labute approximate surface area is 239 Å². The molecule has 0 saturated heterocycles. The van der Waals surface area contributed by atoms with E-state index in [0.717, 1.165) is 23.3 Å². The molecule has 0 spiro atoms. The molecule has 3 unspecified atom stereocenters. The van der Waals surface area contributed by atoms with E-state index >= 15 is 0 Å². The van der Waals surface area contributed by atoms with Gasteiger partial charge in [-0.2, -0.15) is 18.4 Å². The first-order valence-electron chi connectivity index (χ1n) is 12.8. The lowest BCUT2D eigenvalue weighted by Gasteiger charge is -2.31. The van der Waals surface area contributed by atoms with E-state index in [9.17, 15) is 18.0 Å². The molecule has 1 aliphatic carbocycles. The Kier molecular flexibility index (Phi) is 14.2. The zero-order valence-electron chi connectivity index (χ0n) is 23.4. The third-order valence-electron chi connectivity index (χ3n) is 5.67. The largest absolute Gasteiger partial charge is 0.462 e. The Morgan fingerprint density at radius 2 is 2.02 bits per heavy atom. The number of aliphatic imine (C=N–C) groups is 1. The van der Waals surface area contributed by atoms with E-state index in [1.165, 1.54) is 20.0 Å². The van der Waals surface area contributed by atoms with Crippen LogP contribution in [-0.4, -0.2) is 34.1 Å². The van der Waals surface area contributed by atoms with E-state index in [-0.39, 0.29) is 23.6 Å². The molecule has 1 amide bonds. The Balaban J connectivity index is 0.00000391. The summed E-state index contributed by atoms with van der Waals surface area (Å²) in [5.41, 5.74) is -0.686. The van der Waals surface area contributed by atoms with Crippen molar-refractivity contribution in [3.63, 3.8) is 0 Å². The Hall–Kier alpha value is -3.64. The second-order valence-corrected chi connectivity index (χ2v) is 9.53. The predicted molar refractivity (Wildman–Crippen MR) is 154 cm³/mol. The molecule has 1 N–H and O–H groups in total. The molecular formula is C30H36ClF3N4O2. The lowest BCUT2D eigenvalue weighted by Crippen LogP contribution is -2.51. The van der Waals surface area contributed by atoms with Crippen molar-refractivity contribution in [1.82, 2.24) is 10.3 Å². The van der Waals surface area contributed by atoms with Gasteiger partial charge < -0.3 is 10.1 Å². The fraction of sp³-hybridized carbons (Fsp3) is 0.400. The zero-order chi connectivity index (χ0) is 30.3. The zero-order valence-corrected chi connectivity index (χ0v) is 24.1. The van der Waals surface area contributed by atoms with E-state index < -0.39 is 29.3 Å². The summed E-state index contributed by atoms with van der Waals surface area (Å²) in [5, 5.41) is 11.8. The highest BCUT2D eigenvalue weighted by molar-refractivity contribution is 6.23. The number of carbonyl (C=O) groups excluding carboxylic acids is 1. The van der Waals surface area contributed by atoms with E-state index in [1.807, 2.05) is 51.2 Å². The highest BCUT2D eigenvalue weighted by Gasteiger charge is 2.35. The van der Waals surface area contributed by atoms with Crippen molar-refractivity contribution in [2.45, 2.75) is 70.7 Å². The maximum atomic E-state index is 13.2. The van der Waals surface area contributed by atoms with Crippen LogP contribution in [-0.2, 0) is 11.0 Å². The van der Waals surface area contributed by atoms with Gasteiger partial charge in [-0.25, -0.2) is 4.98 Å². The van der Waals surface area contributed by atoms with Gasteiger partial charge >= 0.3 is 6.18 Å². The summed E-state index contributed by atoms with van der Waals surface area (Å²) in [5.74, 6) is -0.915. The smallest absolute Gasteiger partial charge is 0.417 e. The number of hydrogen-bond donors (Lipinski definition) is 1. The van der Waals surface area contributed by atoms with Crippen LogP contribution in [0.3, 0.4) is 0 Å².